The third-order valence-electron chi connectivity index (χ3n) is 4.16. The van der Waals surface area contributed by atoms with Gasteiger partial charge in [0.15, 0.2) is 0 Å². The van der Waals surface area contributed by atoms with Crippen molar-refractivity contribution in [1.82, 2.24) is 15.2 Å². The Hall–Kier alpha value is -1.37. The zero-order valence-electron chi connectivity index (χ0n) is 13.8. The molecule has 2 atom stereocenters. The van der Waals surface area contributed by atoms with Crippen molar-refractivity contribution in [1.29, 1.82) is 0 Å². The van der Waals surface area contributed by atoms with Crippen LogP contribution in [-0.4, -0.2) is 60.8 Å². The minimum Gasteiger partial charge on any atom is -0.474 e. The number of ether oxygens (including phenoxy) is 2. The Labute approximate surface area is 142 Å². The molecule has 1 aliphatic heterocycles. The highest BCUT2D eigenvalue weighted by molar-refractivity contribution is 6.31. The summed E-state index contributed by atoms with van der Waals surface area (Å²) in [6, 6.07) is 3.20. The Bertz CT molecular complexity index is 543. The van der Waals surface area contributed by atoms with Gasteiger partial charge < -0.3 is 14.8 Å². The summed E-state index contributed by atoms with van der Waals surface area (Å²) >= 11 is 6.04. The third kappa shape index (κ3) is 4.80. The first-order chi connectivity index (χ1) is 10.9. The van der Waals surface area contributed by atoms with Gasteiger partial charge in [-0.1, -0.05) is 18.5 Å². The number of aromatic nitrogens is 1. The maximum Gasteiger partial charge on any atom is 0.240 e. The van der Waals surface area contributed by atoms with Crippen molar-refractivity contribution in [2.75, 3.05) is 33.4 Å². The van der Waals surface area contributed by atoms with Crippen LogP contribution in [0.3, 0.4) is 0 Å². The van der Waals surface area contributed by atoms with Crippen LogP contribution in [0.2, 0.25) is 5.02 Å². The van der Waals surface area contributed by atoms with E-state index < -0.39 is 5.54 Å². The van der Waals surface area contributed by atoms with E-state index in [0.717, 1.165) is 13.0 Å². The van der Waals surface area contributed by atoms with Crippen LogP contribution in [0.4, 0.5) is 0 Å². The molecule has 23 heavy (non-hydrogen) atoms. The van der Waals surface area contributed by atoms with Crippen molar-refractivity contribution in [3.8, 4) is 5.88 Å². The minimum atomic E-state index is -0.504. The minimum absolute atomic E-state index is 0.0488. The molecule has 6 nitrogen and oxygen atoms in total. The molecule has 1 aromatic rings. The number of rotatable bonds is 6. The quantitative estimate of drug-likeness (QED) is 0.853. The smallest absolute Gasteiger partial charge is 0.240 e. The molecule has 1 aromatic heterocycles. The highest BCUT2D eigenvalue weighted by Crippen LogP contribution is 2.22. The first-order valence-corrected chi connectivity index (χ1v) is 8.16. The predicted molar refractivity (Wildman–Crippen MR) is 88.8 cm³/mol. The van der Waals surface area contributed by atoms with Gasteiger partial charge in [0.2, 0.25) is 11.8 Å². The number of halogens is 1. The lowest BCUT2D eigenvalue weighted by Gasteiger charge is -2.35. The molecule has 0 aromatic carbocycles. The monoisotopic (exact) mass is 341 g/mol. The number of pyridine rings is 1. The summed E-state index contributed by atoms with van der Waals surface area (Å²) in [5, 5.41) is 3.53. The van der Waals surface area contributed by atoms with Crippen LogP contribution in [0, 0.1) is 0 Å². The summed E-state index contributed by atoms with van der Waals surface area (Å²) in [4.78, 5) is 18.6. The van der Waals surface area contributed by atoms with Crippen LogP contribution in [0.15, 0.2) is 18.3 Å². The molecule has 1 N–H and O–H groups in total. The Morgan fingerprint density at radius 1 is 1.65 bits per heavy atom. The average molecular weight is 342 g/mol. The van der Waals surface area contributed by atoms with E-state index in [9.17, 15) is 4.79 Å². The molecule has 7 heteroatoms. The van der Waals surface area contributed by atoms with Gasteiger partial charge in [-0.05, 0) is 32.5 Å². The summed E-state index contributed by atoms with van der Waals surface area (Å²) in [5.41, 5.74) is -0.504. The highest BCUT2D eigenvalue weighted by atomic mass is 35.5. The van der Waals surface area contributed by atoms with E-state index in [2.05, 4.69) is 10.3 Å². The SMILES string of the molecule is CC[C@@](C)(COc1ncccc1Cl)NC(=O)[C@H]1COCCN1C. The van der Waals surface area contributed by atoms with Crippen LogP contribution in [0.1, 0.15) is 20.3 Å². The van der Waals surface area contributed by atoms with Gasteiger partial charge in [-0.15, -0.1) is 0 Å². The van der Waals surface area contributed by atoms with E-state index in [1.54, 1.807) is 18.3 Å². The molecular weight excluding hydrogens is 318 g/mol. The second kappa shape index (κ2) is 7.95. The Balaban J connectivity index is 1.96. The fraction of sp³-hybridized carbons (Fsp3) is 0.625. The van der Waals surface area contributed by atoms with Gasteiger partial charge in [-0.25, -0.2) is 4.98 Å². The molecule has 1 amide bonds. The van der Waals surface area contributed by atoms with Gasteiger partial charge in [0.25, 0.3) is 0 Å². The molecule has 1 saturated heterocycles. The van der Waals surface area contributed by atoms with Gasteiger partial charge >= 0.3 is 0 Å². The lowest BCUT2D eigenvalue weighted by atomic mass is 9.99. The number of carbonyl (C=O) groups excluding carboxylic acids is 1. The van der Waals surface area contributed by atoms with Crippen molar-refractivity contribution in [3.05, 3.63) is 23.4 Å². The molecule has 0 saturated carbocycles. The fourth-order valence-electron chi connectivity index (χ4n) is 2.27. The molecule has 128 valence electrons. The van der Waals surface area contributed by atoms with E-state index in [1.807, 2.05) is 25.8 Å². The van der Waals surface area contributed by atoms with Crippen molar-refractivity contribution < 1.29 is 14.3 Å². The molecule has 0 bridgehead atoms. The number of nitrogens with one attached hydrogen (secondary N) is 1. The zero-order chi connectivity index (χ0) is 16.9. The van der Waals surface area contributed by atoms with Crippen molar-refractivity contribution in [2.24, 2.45) is 0 Å². The average Bonchev–Trinajstić information content (AvgIpc) is 2.54. The van der Waals surface area contributed by atoms with Crippen molar-refractivity contribution in [2.45, 2.75) is 31.8 Å². The number of nitrogens with zero attached hydrogens (tertiary/aromatic N) is 2. The van der Waals surface area contributed by atoms with Crippen molar-refractivity contribution in [3.63, 3.8) is 0 Å². The lowest BCUT2D eigenvalue weighted by Crippen LogP contribution is -2.58. The number of morpholine rings is 1. The van der Waals surface area contributed by atoms with Gasteiger partial charge in [0, 0.05) is 12.7 Å². The standard InChI is InChI=1S/C16H24ClN3O3/c1-4-16(2,11-23-15-12(17)6-5-7-18-15)19-14(21)13-10-22-9-8-20(13)3/h5-7,13H,4,8-11H2,1-3H3,(H,19,21)/t13-,16+/m1/s1. The lowest BCUT2D eigenvalue weighted by molar-refractivity contribution is -0.133. The van der Waals surface area contributed by atoms with Gasteiger partial charge in [0.05, 0.1) is 18.8 Å². The highest BCUT2D eigenvalue weighted by Gasteiger charge is 2.32. The maximum atomic E-state index is 12.5. The second-order valence-electron chi connectivity index (χ2n) is 6.05. The molecule has 0 radical (unpaired) electrons. The van der Waals surface area contributed by atoms with Crippen LogP contribution < -0.4 is 10.1 Å². The summed E-state index contributed by atoms with van der Waals surface area (Å²) < 4.78 is 11.1. The largest absolute Gasteiger partial charge is 0.474 e. The van der Waals surface area contributed by atoms with E-state index in [4.69, 9.17) is 21.1 Å². The normalized spacial score (nSPS) is 21.5. The van der Waals surface area contributed by atoms with E-state index in [1.165, 1.54) is 0 Å². The van der Waals surface area contributed by atoms with Crippen molar-refractivity contribution >= 4 is 17.5 Å². The van der Waals surface area contributed by atoms with E-state index in [-0.39, 0.29) is 11.9 Å². The maximum absolute atomic E-state index is 12.5. The van der Waals surface area contributed by atoms with Gasteiger partial charge in [-0.2, -0.15) is 0 Å². The topological polar surface area (TPSA) is 63.7 Å². The molecule has 2 heterocycles. The summed E-state index contributed by atoms with van der Waals surface area (Å²) in [6.45, 7) is 6.07. The van der Waals surface area contributed by atoms with Crippen LogP contribution in [0.5, 0.6) is 5.88 Å². The Kier molecular flexibility index (Phi) is 6.21. The molecule has 0 unspecified atom stereocenters. The van der Waals surface area contributed by atoms with Crippen LogP contribution in [0.25, 0.3) is 0 Å². The summed E-state index contributed by atoms with van der Waals surface area (Å²) in [6.07, 6.45) is 2.35. The summed E-state index contributed by atoms with van der Waals surface area (Å²) in [7, 11) is 1.93. The third-order valence-corrected chi connectivity index (χ3v) is 4.44. The molecule has 1 aliphatic rings. The first-order valence-electron chi connectivity index (χ1n) is 7.78. The van der Waals surface area contributed by atoms with Gasteiger partial charge in [0.1, 0.15) is 17.7 Å². The van der Waals surface area contributed by atoms with Gasteiger partial charge in [-0.3, -0.25) is 9.69 Å². The molecule has 0 aliphatic carbocycles. The van der Waals surface area contributed by atoms with Crippen LogP contribution >= 0.6 is 11.6 Å². The number of hydrogen-bond acceptors (Lipinski definition) is 5. The summed E-state index contributed by atoms with van der Waals surface area (Å²) in [5.74, 6) is 0.327. The predicted octanol–water partition coefficient (Wildman–Crippen LogP) is 1.73. The number of amides is 1. The first kappa shape index (κ1) is 18.0. The molecule has 2 rings (SSSR count). The molecule has 1 fully saturated rings. The number of hydrogen-bond donors (Lipinski definition) is 1. The molecule has 0 spiro atoms. The number of likely N-dealkylation sites (N-methyl/N-ethyl adjacent to an activating group) is 1. The number of carbonyl (C=O) groups is 1. The second-order valence-corrected chi connectivity index (χ2v) is 6.46. The van der Waals surface area contributed by atoms with Crippen LogP contribution in [-0.2, 0) is 9.53 Å². The zero-order valence-corrected chi connectivity index (χ0v) is 14.6. The molecular formula is C16H24ClN3O3. The Morgan fingerprint density at radius 3 is 3.09 bits per heavy atom. The van der Waals surface area contributed by atoms with E-state index in [0.29, 0.717) is 30.7 Å². The fourth-order valence-corrected chi connectivity index (χ4v) is 2.45. The Morgan fingerprint density at radius 2 is 2.43 bits per heavy atom. The van der Waals surface area contributed by atoms with E-state index >= 15 is 0 Å².